The Balaban J connectivity index is 1.46. The van der Waals surface area contributed by atoms with Crippen molar-refractivity contribution >= 4 is 50.3 Å². The largest absolute Gasteiger partial charge is 0.361 e. The van der Waals surface area contributed by atoms with Crippen LogP contribution in [0.3, 0.4) is 0 Å². The molecule has 0 bridgehead atoms. The number of carbonyl (C=O) groups is 1. The molecule has 6 nitrogen and oxygen atoms in total. The Morgan fingerprint density at radius 3 is 3.00 bits per heavy atom. The highest BCUT2D eigenvalue weighted by atomic mass is 79.9. The molecule has 3 heterocycles. The van der Waals surface area contributed by atoms with Gasteiger partial charge in [0, 0.05) is 22.7 Å². The number of hydrogen-bond donors (Lipinski definition) is 3. The van der Waals surface area contributed by atoms with Crippen molar-refractivity contribution in [3.63, 3.8) is 0 Å². The molecule has 4 rings (SSSR count). The number of hydrazone groups is 1. The topological polar surface area (TPSA) is 85.9 Å². The zero-order chi connectivity index (χ0) is 17.2. The number of thiophene rings is 1. The van der Waals surface area contributed by atoms with Crippen LogP contribution in [0.2, 0.25) is 0 Å². The van der Waals surface area contributed by atoms with Crippen molar-refractivity contribution in [3.8, 4) is 10.6 Å². The molecule has 1 amide bonds. The van der Waals surface area contributed by atoms with Gasteiger partial charge in [0.05, 0.1) is 20.6 Å². The molecule has 0 aliphatic rings. The molecule has 3 N–H and O–H groups in total. The fourth-order valence-corrected chi connectivity index (χ4v) is 3.79. The van der Waals surface area contributed by atoms with Gasteiger partial charge in [-0.25, -0.2) is 5.43 Å². The second-order valence-electron chi connectivity index (χ2n) is 5.26. The molecular formula is C17H12BrN5OS. The van der Waals surface area contributed by atoms with Crippen molar-refractivity contribution in [1.29, 1.82) is 0 Å². The van der Waals surface area contributed by atoms with E-state index in [0.29, 0.717) is 0 Å². The van der Waals surface area contributed by atoms with Crippen molar-refractivity contribution in [2.45, 2.75) is 0 Å². The van der Waals surface area contributed by atoms with Gasteiger partial charge in [-0.1, -0.05) is 18.2 Å². The lowest BCUT2D eigenvalue weighted by molar-refractivity contribution is 0.0950. The van der Waals surface area contributed by atoms with Crippen molar-refractivity contribution in [1.82, 2.24) is 20.6 Å². The summed E-state index contributed by atoms with van der Waals surface area (Å²) in [6.07, 6.45) is 3.46. The Kier molecular flexibility index (Phi) is 4.21. The average Bonchev–Trinajstić information content (AvgIpc) is 3.34. The lowest BCUT2D eigenvalue weighted by atomic mass is 10.2. The number of nitrogens with zero attached hydrogens (tertiary/aromatic N) is 2. The van der Waals surface area contributed by atoms with Gasteiger partial charge >= 0.3 is 0 Å². The van der Waals surface area contributed by atoms with Gasteiger partial charge in [-0.05, 0) is 40.2 Å². The summed E-state index contributed by atoms with van der Waals surface area (Å²) >= 11 is 4.98. The van der Waals surface area contributed by atoms with E-state index in [1.807, 2.05) is 42.6 Å². The van der Waals surface area contributed by atoms with Crippen LogP contribution in [-0.4, -0.2) is 27.3 Å². The number of carbonyl (C=O) groups excluding carboxylic acids is 1. The standard InChI is InChI=1S/C17H12BrN5OS/c18-16-6-5-15(25-16)13-7-14(22-21-13)17(24)23-20-9-10-8-19-12-4-2-1-3-11(10)12/h1-9,19H,(H,21,22)(H,23,24)/b20-9-. The lowest BCUT2D eigenvalue weighted by Gasteiger charge is -1.94. The first-order valence-corrected chi connectivity index (χ1v) is 9.02. The Bertz CT molecular complexity index is 1080. The fourth-order valence-electron chi connectivity index (χ4n) is 2.44. The molecule has 3 aromatic heterocycles. The highest BCUT2D eigenvalue weighted by molar-refractivity contribution is 9.11. The molecule has 0 radical (unpaired) electrons. The Morgan fingerprint density at radius 2 is 2.16 bits per heavy atom. The zero-order valence-corrected chi connectivity index (χ0v) is 15.2. The minimum Gasteiger partial charge on any atom is -0.361 e. The van der Waals surface area contributed by atoms with E-state index >= 15 is 0 Å². The third kappa shape index (κ3) is 3.26. The van der Waals surface area contributed by atoms with E-state index in [1.165, 1.54) is 0 Å². The number of rotatable bonds is 4. The van der Waals surface area contributed by atoms with Crippen molar-refractivity contribution in [3.05, 3.63) is 63.7 Å². The number of aromatic amines is 2. The molecule has 0 aliphatic heterocycles. The molecule has 1 aromatic carbocycles. The number of aromatic nitrogens is 3. The van der Waals surface area contributed by atoms with Crippen LogP contribution in [0.5, 0.6) is 0 Å². The van der Waals surface area contributed by atoms with E-state index in [0.717, 1.165) is 30.8 Å². The molecule has 0 saturated heterocycles. The average molecular weight is 414 g/mol. The van der Waals surface area contributed by atoms with E-state index in [2.05, 4.69) is 41.6 Å². The van der Waals surface area contributed by atoms with Crippen molar-refractivity contribution in [2.75, 3.05) is 0 Å². The third-order valence-electron chi connectivity index (χ3n) is 3.64. The number of nitrogens with one attached hydrogen (secondary N) is 3. The van der Waals surface area contributed by atoms with Crippen LogP contribution < -0.4 is 5.43 Å². The van der Waals surface area contributed by atoms with Gasteiger partial charge < -0.3 is 4.98 Å². The van der Waals surface area contributed by atoms with Crippen LogP contribution in [0, 0.1) is 0 Å². The molecule has 124 valence electrons. The summed E-state index contributed by atoms with van der Waals surface area (Å²) in [5.74, 6) is -0.366. The second kappa shape index (κ2) is 6.66. The smallest absolute Gasteiger partial charge is 0.291 e. The molecule has 8 heteroatoms. The van der Waals surface area contributed by atoms with Gasteiger partial charge in [-0.3, -0.25) is 9.89 Å². The van der Waals surface area contributed by atoms with E-state index in [-0.39, 0.29) is 11.6 Å². The molecule has 25 heavy (non-hydrogen) atoms. The number of para-hydroxylation sites is 1. The molecule has 0 atom stereocenters. The van der Waals surface area contributed by atoms with Crippen molar-refractivity contribution in [2.24, 2.45) is 5.10 Å². The number of fused-ring (bicyclic) bond motifs is 1. The Morgan fingerprint density at radius 1 is 1.28 bits per heavy atom. The number of benzene rings is 1. The maximum Gasteiger partial charge on any atom is 0.291 e. The van der Waals surface area contributed by atoms with Crippen LogP contribution in [0.1, 0.15) is 16.1 Å². The van der Waals surface area contributed by atoms with Gasteiger partial charge in [0.1, 0.15) is 0 Å². The van der Waals surface area contributed by atoms with Gasteiger partial charge in [-0.2, -0.15) is 10.2 Å². The molecule has 4 aromatic rings. The summed E-state index contributed by atoms with van der Waals surface area (Å²) in [7, 11) is 0. The summed E-state index contributed by atoms with van der Waals surface area (Å²) in [5.41, 5.74) is 5.51. The lowest BCUT2D eigenvalue weighted by Crippen LogP contribution is -2.17. The molecule has 0 aliphatic carbocycles. The summed E-state index contributed by atoms with van der Waals surface area (Å²) < 4.78 is 1.02. The van der Waals surface area contributed by atoms with E-state index < -0.39 is 0 Å². The second-order valence-corrected chi connectivity index (χ2v) is 7.72. The Labute approximate surface area is 155 Å². The molecule has 0 saturated carbocycles. The quantitative estimate of drug-likeness (QED) is 0.346. The monoisotopic (exact) mass is 413 g/mol. The fraction of sp³-hybridized carbons (Fsp3) is 0. The zero-order valence-electron chi connectivity index (χ0n) is 12.8. The van der Waals surface area contributed by atoms with E-state index in [9.17, 15) is 4.79 Å². The summed E-state index contributed by atoms with van der Waals surface area (Å²) in [4.78, 5) is 16.3. The maximum absolute atomic E-state index is 12.2. The number of H-pyrrole nitrogens is 2. The van der Waals surface area contributed by atoms with Gasteiger partial charge in [0.2, 0.25) is 0 Å². The van der Waals surface area contributed by atoms with Gasteiger partial charge in [-0.15, -0.1) is 11.3 Å². The predicted molar refractivity (Wildman–Crippen MR) is 103 cm³/mol. The molecular weight excluding hydrogens is 402 g/mol. The normalized spacial score (nSPS) is 11.4. The highest BCUT2D eigenvalue weighted by Gasteiger charge is 2.12. The van der Waals surface area contributed by atoms with Crippen LogP contribution in [0.15, 0.2) is 57.5 Å². The van der Waals surface area contributed by atoms with Crippen LogP contribution in [0.25, 0.3) is 21.5 Å². The minimum absolute atomic E-state index is 0.288. The molecule has 0 spiro atoms. The van der Waals surface area contributed by atoms with Crippen LogP contribution in [-0.2, 0) is 0 Å². The first kappa shape index (κ1) is 15.8. The number of hydrogen-bond acceptors (Lipinski definition) is 4. The SMILES string of the molecule is O=C(N/N=C\c1c[nH]c2ccccc12)c1cc(-c2ccc(Br)s2)[nH]n1. The summed E-state index contributed by atoms with van der Waals surface area (Å²) in [6, 6.07) is 13.5. The summed E-state index contributed by atoms with van der Waals surface area (Å²) in [6.45, 7) is 0. The first-order chi connectivity index (χ1) is 12.2. The van der Waals surface area contributed by atoms with Gasteiger partial charge in [0.25, 0.3) is 5.91 Å². The molecule has 0 fully saturated rings. The molecule has 0 unspecified atom stereocenters. The third-order valence-corrected chi connectivity index (χ3v) is 5.30. The van der Waals surface area contributed by atoms with E-state index in [1.54, 1.807) is 23.6 Å². The van der Waals surface area contributed by atoms with Gasteiger partial charge in [0.15, 0.2) is 5.69 Å². The highest BCUT2D eigenvalue weighted by Crippen LogP contribution is 2.30. The van der Waals surface area contributed by atoms with Crippen LogP contribution >= 0.6 is 27.3 Å². The van der Waals surface area contributed by atoms with Crippen LogP contribution in [0.4, 0.5) is 0 Å². The summed E-state index contributed by atoms with van der Waals surface area (Å²) in [5, 5.41) is 12.0. The first-order valence-electron chi connectivity index (χ1n) is 7.41. The Hall–Kier alpha value is -2.71. The van der Waals surface area contributed by atoms with E-state index in [4.69, 9.17) is 0 Å². The van der Waals surface area contributed by atoms with Crippen molar-refractivity contribution < 1.29 is 4.79 Å². The predicted octanol–water partition coefficient (Wildman–Crippen LogP) is 4.15. The number of halogens is 1. The number of amides is 1. The maximum atomic E-state index is 12.2. The minimum atomic E-state index is -0.366.